The lowest BCUT2D eigenvalue weighted by Gasteiger charge is -2.28. The third-order valence-corrected chi connectivity index (χ3v) is 5.04. The van der Waals surface area contributed by atoms with E-state index in [9.17, 15) is 0 Å². The van der Waals surface area contributed by atoms with Gasteiger partial charge in [0.1, 0.15) is 0 Å². The van der Waals surface area contributed by atoms with Crippen molar-refractivity contribution in [1.82, 2.24) is 5.32 Å². The highest BCUT2D eigenvalue weighted by molar-refractivity contribution is 9.10. The molecule has 1 fully saturated rings. The molecule has 16 heavy (non-hydrogen) atoms. The van der Waals surface area contributed by atoms with E-state index in [1.54, 1.807) is 11.3 Å². The van der Waals surface area contributed by atoms with Gasteiger partial charge in [-0.05, 0) is 52.6 Å². The van der Waals surface area contributed by atoms with E-state index in [4.69, 9.17) is 4.74 Å². The first kappa shape index (κ1) is 12.6. The Labute approximate surface area is 110 Å². The highest BCUT2D eigenvalue weighted by atomic mass is 79.9. The second kappa shape index (κ2) is 6.15. The van der Waals surface area contributed by atoms with E-state index in [-0.39, 0.29) is 0 Å². The van der Waals surface area contributed by atoms with E-state index in [0.29, 0.717) is 12.0 Å². The van der Waals surface area contributed by atoms with Gasteiger partial charge in [-0.25, -0.2) is 0 Å². The molecular weight excluding hydrogens is 286 g/mol. The quantitative estimate of drug-likeness (QED) is 0.920. The first-order valence-electron chi connectivity index (χ1n) is 5.79. The Bertz CT molecular complexity index is 323. The molecular formula is C12H18BrNOS. The molecule has 1 saturated heterocycles. The van der Waals surface area contributed by atoms with E-state index >= 15 is 0 Å². The van der Waals surface area contributed by atoms with Gasteiger partial charge in [-0.15, -0.1) is 0 Å². The Morgan fingerprint density at radius 2 is 2.50 bits per heavy atom. The van der Waals surface area contributed by atoms with Crippen molar-refractivity contribution < 1.29 is 4.74 Å². The van der Waals surface area contributed by atoms with E-state index in [1.165, 1.54) is 22.9 Å². The molecule has 1 aliphatic heterocycles. The Kier molecular flexibility index (Phi) is 4.82. The van der Waals surface area contributed by atoms with Crippen LogP contribution < -0.4 is 5.32 Å². The number of hydrogen-bond donors (Lipinski definition) is 1. The second-order valence-electron chi connectivity index (χ2n) is 4.39. The molecule has 4 heteroatoms. The van der Waals surface area contributed by atoms with Gasteiger partial charge < -0.3 is 10.1 Å². The lowest BCUT2D eigenvalue weighted by Crippen LogP contribution is -2.37. The van der Waals surface area contributed by atoms with E-state index < -0.39 is 0 Å². The third kappa shape index (κ3) is 3.29. The summed E-state index contributed by atoms with van der Waals surface area (Å²) in [5.41, 5.74) is 1.36. The molecule has 0 saturated carbocycles. The van der Waals surface area contributed by atoms with Crippen LogP contribution in [0.15, 0.2) is 15.2 Å². The summed E-state index contributed by atoms with van der Waals surface area (Å²) in [6, 6.07) is 0.534. The van der Waals surface area contributed by atoms with Crippen LogP contribution in [0.4, 0.5) is 0 Å². The fraction of sp³-hybridized carbons (Fsp3) is 0.667. The smallest absolute Gasteiger partial charge is 0.0509 e. The first-order valence-corrected chi connectivity index (χ1v) is 7.52. The molecule has 0 aromatic carbocycles. The van der Waals surface area contributed by atoms with Crippen molar-refractivity contribution in [3.8, 4) is 0 Å². The van der Waals surface area contributed by atoms with Crippen molar-refractivity contribution in [3.05, 3.63) is 20.8 Å². The lowest BCUT2D eigenvalue weighted by molar-refractivity contribution is 0.0417. The number of hydrogen-bond acceptors (Lipinski definition) is 3. The molecule has 1 aromatic heterocycles. The molecule has 0 unspecified atom stereocenters. The van der Waals surface area contributed by atoms with Crippen molar-refractivity contribution >= 4 is 27.3 Å². The maximum atomic E-state index is 5.52. The van der Waals surface area contributed by atoms with Crippen LogP contribution in [-0.4, -0.2) is 19.3 Å². The molecule has 0 radical (unpaired) electrons. The summed E-state index contributed by atoms with van der Waals surface area (Å²) in [4.78, 5) is 0. The SMILES string of the molecule is C[C@@H](NCc1cscc1Br)[C@@H]1CCCOC1. The van der Waals surface area contributed by atoms with Crippen molar-refractivity contribution in [2.24, 2.45) is 5.92 Å². The highest BCUT2D eigenvalue weighted by Gasteiger charge is 2.20. The molecule has 2 nitrogen and oxygen atoms in total. The van der Waals surface area contributed by atoms with Gasteiger partial charge in [0, 0.05) is 29.0 Å². The van der Waals surface area contributed by atoms with Gasteiger partial charge in [-0.3, -0.25) is 0 Å². The summed E-state index contributed by atoms with van der Waals surface area (Å²) in [6.07, 6.45) is 2.50. The summed E-state index contributed by atoms with van der Waals surface area (Å²) in [7, 11) is 0. The average molecular weight is 304 g/mol. The summed E-state index contributed by atoms with van der Waals surface area (Å²) in [6.45, 7) is 5.07. The maximum Gasteiger partial charge on any atom is 0.0509 e. The minimum atomic E-state index is 0.534. The summed E-state index contributed by atoms with van der Waals surface area (Å²) >= 11 is 5.30. The summed E-state index contributed by atoms with van der Waals surface area (Å²) in [5, 5.41) is 7.92. The zero-order valence-electron chi connectivity index (χ0n) is 9.54. The zero-order chi connectivity index (χ0) is 11.4. The molecule has 2 heterocycles. The van der Waals surface area contributed by atoms with Crippen LogP contribution in [-0.2, 0) is 11.3 Å². The predicted molar refractivity (Wildman–Crippen MR) is 71.9 cm³/mol. The molecule has 0 amide bonds. The predicted octanol–water partition coefficient (Wildman–Crippen LogP) is 3.42. The maximum absolute atomic E-state index is 5.52. The van der Waals surface area contributed by atoms with Crippen LogP contribution in [0, 0.1) is 5.92 Å². The molecule has 1 aromatic rings. The van der Waals surface area contributed by atoms with Crippen molar-refractivity contribution in [2.75, 3.05) is 13.2 Å². The molecule has 0 bridgehead atoms. The van der Waals surface area contributed by atoms with Crippen LogP contribution in [0.25, 0.3) is 0 Å². The van der Waals surface area contributed by atoms with Gasteiger partial charge in [0.25, 0.3) is 0 Å². The van der Waals surface area contributed by atoms with Gasteiger partial charge in [0.2, 0.25) is 0 Å². The number of halogens is 1. The molecule has 0 spiro atoms. The number of ether oxygens (including phenoxy) is 1. The Balaban J connectivity index is 1.78. The summed E-state index contributed by atoms with van der Waals surface area (Å²) in [5.74, 6) is 0.672. The average Bonchev–Trinajstić information content (AvgIpc) is 2.73. The van der Waals surface area contributed by atoms with E-state index in [2.05, 4.69) is 38.9 Å². The zero-order valence-corrected chi connectivity index (χ0v) is 11.9. The fourth-order valence-electron chi connectivity index (χ4n) is 2.03. The second-order valence-corrected chi connectivity index (χ2v) is 5.99. The molecule has 2 rings (SSSR count). The van der Waals surface area contributed by atoms with Crippen LogP contribution in [0.3, 0.4) is 0 Å². The van der Waals surface area contributed by atoms with Crippen LogP contribution in [0.5, 0.6) is 0 Å². The van der Waals surface area contributed by atoms with Crippen molar-refractivity contribution in [2.45, 2.75) is 32.4 Å². The molecule has 2 atom stereocenters. The summed E-state index contributed by atoms with van der Waals surface area (Å²) < 4.78 is 6.74. The molecule has 0 aliphatic carbocycles. The first-order chi connectivity index (χ1) is 7.77. The monoisotopic (exact) mass is 303 g/mol. The Hall–Kier alpha value is 0.1000. The number of thiophene rings is 1. The fourth-order valence-corrected chi connectivity index (χ4v) is 3.47. The number of rotatable bonds is 4. The largest absolute Gasteiger partial charge is 0.381 e. The van der Waals surface area contributed by atoms with E-state index in [1.807, 2.05) is 0 Å². The van der Waals surface area contributed by atoms with Gasteiger partial charge in [0.15, 0.2) is 0 Å². The minimum Gasteiger partial charge on any atom is -0.381 e. The molecule has 1 N–H and O–H groups in total. The lowest BCUT2D eigenvalue weighted by atomic mass is 9.95. The Morgan fingerprint density at radius 3 is 3.12 bits per heavy atom. The topological polar surface area (TPSA) is 21.3 Å². The van der Waals surface area contributed by atoms with Gasteiger partial charge in [-0.2, -0.15) is 11.3 Å². The molecule has 90 valence electrons. The van der Waals surface area contributed by atoms with Crippen LogP contribution in [0.1, 0.15) is 25.3 Å². The van der Waals surface area contributed by atoms with Gasteiger partial charge >= 0.3 is 0 Å². The Morgan fingerprint density at radius 1 is 1.62 bits per heavy atom. The standard InChI is InChI=1S/C12H18BrNOS/c1-9(10-3-2-4-15-6-10)14-5-11-7-16-8-12(11)13/h7-10,14H,2-6H2,1H3/t9-,10-/m1/s1. The number of nitrogens with one attached hydrogen (secondary N) is 1. The van der Waals surface area contributed by atoms with Gasteiger partial charge in [-0.1, -0.05) is 0 Å². The third-order valence-electron chi connectivity index (χ3n) is 3.21. The normalized spacial score (nSPS) is 23.2. The van der Waals surface area contributed by atoms with Crippen LogP contribution in [0.2, 0.25) is 0 Å². The van der Waals surface area contributed by atoms with Crippen molar-refractivity contribution in [3.63, 3.8) is 0 Å². The van der Waals surface area contributed by atoms with Gasteiger partial charge in [0.05, 0.1) is 6.61 Å². The minimum absolute atomic E-state index is 0.534. The van der Waals surface area contributed by atoms with Crippen molar-refractivity contribution in [1.29, 1.82) is 0 Å². The van der Waals surface area contributed by atoms with E-state index in [0.717, 1.165) is 19.8 Å². The van der Waals surface area contributed by atoms with Crippen LogP contribution >= 0.6 is 27.3 Å². The highest BCUT2D eigenvalue weighted by Crippen LogP contribution is 2.22. The molecule has 1 aliphatic rings.